The van der Waals surface area contributed by atoms with Crippen molar-refractivity contribution in [1.29, 1.82) is 0 Å². The second kappa shape index (κ2) is 7.78. The highest BCUT2D eigenvalue weighted by molar-refractivity contribution is 7.93. The van der Waals surface area contributed by atoms with Crippen LogP contribution in [-0.4, -0.2) is 20.9 Å². The Bertz CT molecular complexity index is 1260. The summed E-state index contributed by atoms with van der Waals surface area (Å²) in [4.78, 5) is 13.0. The molecule has 0 aromatic heterocycles. The molecule has 3 aromatic carbocycles. The van der Waals surface area contributed by atoms with E-state index in [4.69, 9.17) is 11.6 Å². The van der Waals surface area contributed by atoms with Crippen LogP contribution in [0.15, 0.2) is 65.6 Å². The summed E-state index contributed by atoms with van der Waals surface area (Å²) in [6, 6.07) is 17.8. The summed E-state index contributed by atoms with van der Waals surface area (Å²) in [5.41, 5.74) is 4.36. The minimum Gasteiger partial charge on any atom is -0.324 e. The molecule has 154 valence electrons. The molecule has 4 rings (SSSR count). The van der Waals surface area contributed by atoms with E-state index in [0.717, 1.165) is 23.1 Å². The van der Waals surface area contributed by atoms with Crippen molar-refractivity contribution in [2.45, 2.75) is 25.2 Å². The zero-order valence-electron chi connectivity index (χ0n) is 16.6. The van der Waals surface area contributed by atoms with Gasteiger partial charge in [-0.2, -0.15) is 0 Å². The molecule has 0 aliphatic carbocycles. The van der Waals surface area contributed by atoms with Crippen molar-refractivity contribution in [3.05, 3.63) is 76.8 Å². The number of sulfonamides is 1. The number of fused-ring (bicyclic) bond motifs is 3. The van der Waals surface area contributed by atoms with Crippen LogP contribution in [-0.2, 0) is 21.2 Å². The summed E-state index contributed by atoms with van der Waals surface area (Å²) in [7, 11) is -3.88. The highest BCUT2D eigenvalue weighted by Gasteiger charge is 2.36. The van der Waals surface area contributed by atoms with Gasteiger partial charge in [0.1, 0.15) is 6.54 Å². The normalized spacial score (nSPS) is 14.0. The van der Waals surface area contributed by atoms with E-state index in [1.54, 1.807) is 49.4 Å². The van der Waals surface area contributed by atoms with Crippen LogP contribution in [0.1, 0.15) is 18.1 Å². The van der Waals surface area contributed by atoms with Crippen LogP contribution in [0.2, 0.25) is 5.02 Å². The average Bonchev–Trinajstić information content (AvgIpc) is 2.74. The van der Waals surface area contributed by atoms with Gasteiger partial charge in [0.2, 0.25) is 5.91 Å². The van der Waals surface area contributed by atoms with E-state index in [2.05, 4.69) is 5.32 Å². The van der Waals surface area contributed by atoms with E-state index in [1.165, 1.54) is 4.31 Å². The fourth-order valence-corrected chi connectivity index (χ4v) is 5.46. The number of benzene rings is 3. The number of carbonyl (C=O) groups excluding carboxylic acids is 1. The Morgan fingerprint density at radius 2 is 1.80 bits per heavy atom. The molecule has 0 spiro atoms. The summed E-state index contributed by atoms with van der Waals surface area (Å²) < 4.78 is 27.9. The van der Waals surface area contributed by atoms with Crippen LogP contribution in [0.3, 0.4) is 0 Å². The van der Waals surface area contributed by atoms with Gasteiger partial charge in [-0.1, -0.05) is 48.9 Å². The molecule has 0 saturated carbocycles. The number of hydrogen-bond donors (Lipinski definition) is 1. The molecule has 1 aliphatic rings. The second-order valence-electron chi connectivity index (χ2n) is 7.17. The quantitative estimate of drug-likeness (QED) is 0.619. The summed E-state index contributed by atoms with van der Waals surface area (Å²) in [5.74, 6) is -0.436. The lowest BCUT2D eigenvalue weighted by atomic mass is 9.99. The Balaban J connectivity index is 1.75. The zero-order valence-corrected chi connectivity index (χ0v) is 18.2. The summed E-state index contributed by atoms with van der Waals surface area (Å²) in [6.07, 6.45) is 0.830. The van der Waals surface area contributed by atoms with Crippen molar-refractivity contribution in [2.75, 3.05) is 16.2 Å². The molecule has 5 nitrogen and oxygen atoms in total. The van der Waals surface area contributed by atoms with Gasteiger partial charge < -0.3 is 5.32 Å². The smallest absolute Gasteiger partial charge is 0.265 e. The predicted molar refractivity (Wildman–Crippen MR) is 121 cm³/mol. The number of amides is 1. The van der Waals surface area contributed by atoms with Crippen LogP contribution < -0.4 is 9.62 Å². The van der Waals surface area contributed by atoms with E-state index >= 15 is 0 Å². The zero-order chi connectivity index (χ0) is 21.5. The fourth-order valence-electron chi connectivity index (χ4n) is 3.63. The molecule has 1 heterocycles. The number of carbonyl (C=O) groups is 1. The Kier molecular flexibility index (Phi) is 5.30. The molecule has 0 bridgehead atoms. The molecule has 0 unspecified atom stereocenters. The first-order valence-electron chi connectivity index (χ1n) is 9.63. The molecular formula is C23H21ClN2O3S. The molecule has 3 aromatic rings. The first-order chi connectivity index (χ1) is 14.3. The summed E-state index contributed by atoms with van der Waals surface area (Å²) in [5, 5.41) is 3.32. The van der Waals surface area contributed by atoms with Gasteiger partial charge in [-0.05, 0) is 54.8 Å². The fraction of sp³-hybridized carbons (Fsp3) is 0.174. The SMILES string of the molecule is CCc1ccc2c(c1)-c1ccccc1S(=O)(=O)N2CC(=O)Nc1cccc(Cl)c1C. The maximum Gasteiger partial charge on any atom is 0.265 e. The van der Waals surface area contributed by atoms with Gasteiger partial charge in [0.25, 0.3) is 10.0 Å². The van der Waals surface area contributed by atoms with Crippen molar-refractivity contribution in [2.24, 2.45) is 0 Å². The van der Waals surface area contributed by atoms with Gasteiger partial charge >= 0.3 is 0 Å². The second-order valence-corrected chi connectivity index (χ2v) is 9.41. The Labute approximate surface area is 181 Å². The molecule has 1 aliphatic heterocycles. The Hall–Kier alpha value is -2.83. The lowest BCUT2D eigenvalue weighted by molar-refractivity contribution is -0.114. The Morgan fingerprint density at radius 3 is 2.57 bits per heavy atom. The van der Waals surface area contributed by atoms with E-state index in [0.29, 0.717) is 22.0 Å². The maximum absolute atomic E-state index is 13.4. The highest BCUT2D eigenvalue weighted by atomic mass is 35.5. The van der Waals surface area contributed by atoms with Crippen molar-refractivity contribution in [1.82, 2.24) is 0 Å². The minimum atomic E-state index is -3.88. The number of aryl methyl sites for hydroxylation is 1. The molecule has 7 heteroatoms. The van der Waals surface area contributed by atoms with Crippen molar-refractivity contribution in [3.8, 4) is 11.1 Å². The van der Waals surface area contributed by atoms with Crippen LogP contribution in [0.4, 0.5) is 11.4 Å². The monoisotopic (exact) mass is 440 g/mol. The van der Waals surface area contributed by atoms with E-state index in [9.17, 15) is 13.2 Å². The van der Waals surface area contributed by atoms with Gasteiger partial charge in [0, 0.05) is 21.8 Å². The number of nitrogens with zero attached hydrogens (tertiary/aromatic N) is 1. The van der Waals surface area contributed by atoms with Crippen LogP contribution >= 0.6 is 11.6 Å². The first-order valence-corrected chi connectivity index (χ1v) is 11.4. The standard InChI is InChI=1S/C23H21ClN2O3S/c1-3-16-11-12-21-18(13-16)17-7-4-5-10-22(17)30(28,29)26(21)14-23(27)25-20-9-6-8-19(24)15(20)2/h4-13H,3,14H2,1-2H3,(H,25,27). The summed E-state index contributed by atoms with van der Waals surface area (Å²) in [6.45, 7) is 3.51. The maximum atomic E-state index is 13.4. The van der Waals surface area contributed by atoms with Crippen LogP contribution in [0.5, 0.6) is 0 Å². The lowest BCUT2D eigenvalue weighted by Crippen LogP contribution is -2.40. The number of rotatable bonds is 4. The molecule has 1 N–H and O–H groups in total. The number of hydrogen-bond acceptors (Lipinski definition) is 3. The molecular weight excluding hydrogens is 420 g/mol. The molecule has 0 radical (unpaired) electrons. The predicted octanol–water partition coefficient (Wildman–Crippen LogP) is 5.03. The van der Waals surface area contributed by atoms with E-state index < -0.39 is 15.9 Å². The Morgan fingerprint density at radius 1 is 1.03 bits per heavy atom. The lowest BCUT2D eigenvalue weighted by Gasteiger charge is -2.32. The van der Waals surface area contributed by atoms with Crippen molar-refractivity contribution >= 4 is 38.9 Å². The third kappa shape index (κ3) is 3.46. The highest BCUT2D eigenvalue weighted by Crippen LogP contribution is 2.43. The largest absolute Gasteiger partial charge is 0.324 e. The van der Waals surface area contributed by atoms with E-state index in [-0.39, 0.29) is 11.4 Å². The third-order valence-corrected chi connectivity index (χ3v) is 7.54. The summed E-state index contributed by atoms with van der Waals surface area (Å²) >= 11 is 6.13. The van der Waals surface area contributed by atoms with Gasteiger partial charge in [-0.25, -0.2) is 8.42 Å². The number of nitrogens with one attached hydrogen (secondary N) is 1. The molecule has 0 atom stereocenters. The molecule has 1 amide bonds. The van der Waals surface area contributed by atoms with Gasteiger partial charge in [-0.15, -0.1) is 0 Å². The van der Waals surface area contributed by atoms with Gasteiger partial charge in [0.15, 0.2) is 0 Å². The molecule has 0 saturated heterocycles. The third-order valence-electron chi connectivity index (χ3n) is 5.31. The number of anilines is 2. The van der Waals surface area contributed by atoms with Crippen LogP contribution in [0, 0.1) is 6.92 Å². The molecule has 30 heavy (non-hydrogen) atoms. The van der Waals surface area contributed by atoms with Crippen molar-refractivity contribution < 1.29 is 13.2 Å². The van der Waals surface area contributed by atoms with Crippen LogP contribution in [0.25, 0.3) is 11.1 Å². The number of halogens is 1. The van der Waals surface area contributed by atoms with E-state index in [1.807, 2.05) is 25.1 Å². The van der Waals surface area contributed by atoms with Gasteiger partial charge in [0.05, 0.1) is 10.6 Å². The first kappa shape index (κ1) is 20.4. The topological polar surface area (TPSA) is 66.5 Å². The minimum absolute atomic E-state index is 0.206. The molecule has 0 fully saturated rings. The average molecular weight is 441 g/mol. The van der Waals surface area contributed by atoms with Gasteiger partial charge in [-0.3, -0.25) is 9.10 Å². The van der Waals surface area contributed by atoms with Crippen molar-refractivity contribution in [3.63, 3.8) is 0 Å².